The third-order valence-corrected chi connectivity index (χ3v) is 4.81. The second-order valence-corrected chi connectivity index (χ2v) is 6.67. The Hall–Kier alpha value is -0.900. The first-order valence-electron chi connectivity index (χ1n) is 7.21. The smallest absolute Gasteiger partial charge is 0.220 e. The molecule has 106 valence electrons. The summed E-state index contributed by atoms with van der Waals surface area (Å²) >= 11 is 2.03. The molecule has 2 rings (SSSR count). The highest BCUT2D eigenvalue weighted by Crippen LogP contribution is 2.28. The minimum atomic E-state index is 0.156. The van der Waals surface area contributed by atoms with Crippen LogP contribution in [0.1, 0.15) is 44.8 Å². The van der Waals surface area contributed by atoms with Crippen molar-refractivity contribution in [3.8, 4) is 0 Å². The van der Waals surface area contributed by atoms with Gasteiger partial charge in [-0.3, -0.25) is 4.79 Å². The molecule has 4 heteroatoms. The van der Waals surface area contributed by atoms with Crippen LogP contribution in [0.4, 0.5) is 0 Å². The van der Waals surface area contributed by atoms with Crippen LogP contribution in [0.2, 0.25) is 0 Å². The van der Waals surface area contributed by atoms with E-state index in [2.05, 4.69) is 12.2 Å². The molecule has 1 fully saturated rings. The molecule has 1 heterocycles. The Morgan fingerprint density at radius 3 is 3.16 bits per heavy atom. The van der Waals surface area contributed by atoms with Crippen LogP contribution in [0.3, 0.4) is 0 Å². The van der Waals surface area contributed by atoms with E-state index in [-0.39, 0.29) is 5.91 Å². The van der Waals surface area contributed by atoms with E-state index in [1.807, 2.05) is 23.9 Å². The molecule has 1 aliphatic carbocycles. The molecule has 1 aromatic heterocycles. The van der Waals surface area contributed by atoms with E-state index in [0.717, 1.165) is 23.9 Å². The number of hydrogen-bond donors (Lipinski definition) is 1. The van der Waals surface area contributed by atoms with Crippen molar-refractivity contribution in [3.63, 3.8) is 0 Å². The number of nitrogens with one attached hydrogen (secondary N) is 1. The number of carbonyl (C=O) groups is 1. The molecule has 0 spiro atoms. The minimum Gasteiger partial charge on any atom is -0.469 e. The van der Waals surface area contributed by atoms with Crippen LogP contribution < -0.4 is 5.32 Å². The zero-order chi connectivity index (χ0) is 13.5. The summed E-state index contributed by atoms with van der Waals surface area (Å²) in [5, 5.41) is 3.91. The largest absolute Gasteiger partial charge is 0.469 e. The Balaban J connectivity index is 1.69. The van der Waals surface area contributed by atoms with Crippen molar-refractivity contribution in [1.29, 1.82) is 0 Å². The average Bonchev–Trinajstić information content (AvgIpc) is 2.90. The van der Waals surface area contributed by atoms with Crippen molar-refractivity contribution in [2.45, 2.75) is 56.7 Å². The molecule has 0 bridgehead atoms. The highest BCUT2D eigenvalue weighted by molar-refractivity contribution is 7.99. The lowest BCUT2D eigenvalue weighted by atomic mass is 9.95. The maximum absolute atomic E-state index is 11.9. The van der Waals surface area contributed by atoms with Gasteiger partial charge >= 0.3 is 0 Å². The lowest BCUT2D eigenvalue weighted by Crippen LogP contribution is -2.39. The summed E-state index contributed by atoms with van der Waals surface area (Å²) in [6.45, 7) is 2.20. The van der Waals surface area contributed by atoms with Gasteiger partial charge in [0.15, 0.2) is 0 Å². The zero-order valence-corrected chi connectivity index (χ0v) is 12.4. The predicted molar refractivity (Wildman–Crippen MR) is 79.3 cm³/mol. The van der Waals surface area contributed by atoms with E-state index >= 15 is 0 Å². The molecule has 19 heavy (non-hydrogen) atoms. The lowest BCUT2D eigenvalue weighted by molar-refractivity contribution is -0.122. The second-order valence-electron chi connectivity index (χ2n) is 5.09. The molecule has 1 aromatic rings. The van der Waals surface area contributed by atoms with Crippen molar-refractivity contribution in [2.24, 2.45) is 0 Å². The fraction of sp³-hybridized carbons (Fsp3) is 0.667. The molecule has 1 amide bonds. The van der Waals surface area contributed by atoms with Crippen LogP contribution in [0, 0.1) is 0 Å². The van der Waals surface area contributed by atoms with Crippen LogP contribution in [0.25, 0.3) is 0 Å². The van der Waals surface area contributed by atoms with Gasteiger partial charge in [0.2, 0.25) is 5.91 Å². The topological polar surface area (TPSA) is 42.2 Å². The number of amides is 1. The van der Waals surface area contributed by atoms with Gasteiger partial charge in [0, 0.05) is 24.1 Å². The predicted octanol–water partition coefficient (Wildman–Crippen LogP) is 3.39. The van der Waals surface area contributed by atoms with Gasteiger partial charge in [-0.1, -0.05) is 13.3 Å². The van der Waals surface area contributed by atoms with E-state index < -0.39 is 0 Å². The van der Waals surface area contributed by atoms with Crippen LogP contribution in [0.5, 0.6) is 0 Å². The Labute approximate surface area is 119 Å². The van der Waals surface area contributed by atoms with Gasteiger partial charge in [0.25, 0.3) is 0 Å². The first-order chi connectivity index (χ1) is 9.28. The molecule has 0 saturated heterocycles. The maximum Gasteiger partial charge on any atom is 0.220 e. The van der Waals surface area contributed by atoms with Gasteiger partial charge in [-0.15, -0.1) is 0 Å². The Morgan fingerprint density at radius 2 is 2.42 bits per heavy atom. The van der Waals surface area contributed by atoms with Gasteiger partial charge in [-0.05, 0) is 37.1 Å². The molecular formula is C15H23NO2S. The second kappa shape index (κ2) is 7.63. The third-order valence-electron chi connectivity index (χ3n) is 3.57. The number of rotatable bonds is 6. The standard InChI is InChI=1S/C15H23NO2S/c1-2-19-14-7-3-5-12(11-14)16-15(17)9-8-13-6-4-10-18-13/h4,6,10,12,14H,2-3,5,7-9,11H2,1H3,(H,16,17)/t12-,14+/m1/s1. The SMILES string of the molecule is CCS[C@H]1CCC[C@@H](NC(=O)CCc2ccco2)C1. The molecule has 0 aromatic carbocycles. The summed E-state index contributed by atoms with van der Waals surface area (Å²) in [5.41, 5.74) is 0. The van der Waals surface area contributed by atoms with Gasteiger partial charge in [0.1, 0.15) is 5.76 Å². The summed E-state index contributed by atoms with van der Waals surface area (Å²) in [6.07, 6.45) is 7.67. The summed E-state index contributed by atoms with van der Waals surface area (Å²) in [6, 6.07) is 4.16. The fourth-order valence-electron chi connectivity index (χ4n) is 2.65. The molecular weight excluding hydrogens is 258 g/mol. The number of furan rings is 1. The number of hydrogen-bond acceptors (Lipinski definition) is 3. The van der Waals surface area contributed by atoms with Crippen LogP contribution in [-0.4, -0.2) is 23.0 Å². The van der Waals surface area contributed by atoms with Crippen molar-refractivity contribution in [3.05, 3.63) is 24.2 Å². The van der Waals surface area contributed by atoms with Crippen molar-refractivity contribution in [2.75, 3.05) is 5.75 Å². The summed E-state index contributed by atoms with van der Waals surface area (Å²) in [7, 11) is 0. The average molecular weight is 281 g/mol. The normalized spacial score (nSPS) is 23.2. The molecule has 0 unspecified atom stereocenters. The Bertz CT molecular complexity index is 376. The van der Waals surface area contributed by atoms with Crippen LogP contribution in [-0.2, 0) is 11.2 Å². The first kappa shape index (κ1) is 14.5. The molecule has 1 saturated carbocycles. The van der Waals surface area contributed by atoms with E-state index in [4.69, 9.17) is 4.42 Å². The monoisotopic (exact) mass is 281 g/mol. The van der Waals surface area contributed by atoms with Crippen molar-refractivity contribution in [1.82, 2.24) is 5.32 Å². The summed E-state index contributed by atoms with van der Waals surface area (Å²) in [4.78, 5) is 11.9. The van der Waals surface area contributed by atoms with Gasteiger partial charge in [-0.25, -0.2) is 0 Å². The highest BCUT2D eigenvalue weighted by atomic mass is 32.2. The van der Waals surface area contributed by atoms with Crippen molar-refractivity contribution < 1.29 is 9.21 Å². The quantitative estimate of drug-likeness (QED) is 0.869. The minimum absolute atomic E-state index is 0.156. The lowest BCUT2D eigenvalue weighted by Gasteiger charge is -2.29. The molecule has 2 atom stereocenters. The van der Waals surface area contributed by atoms with Gasteiger partial charge in [0.05, 0.1) is 6.26 Å². The van der Waals surface area contributed by atoms with E-state index in [0.29, 0.717) is 18.9 Å². The number of aryl methyl sites for hydroxylation is 1. The van der Waals surface area contributed by atoms with Crippen LogP contribution in [0.15, 0.2) is 22.8 Å². The Morgan fingerprint density at radius 1 is 1.53 bits per heavy atom. The highest BCUT2D eigenvalue weighted by Gasteiger charge is 2.22. The third kappa shape index (κ3) is 4.94. The number of carbonyl (C=O) groups excluding carboxylic acids is 1. The van der Waals surface area contributed by atoms with E-state index in [9.17, 15) is 4.79 Å². The molecule has 0 aliphatic heterocycles. The molecule has 3 nitrogen and oxygen atoms in total. The molecule has 0 radical (unpaired) electrons. The summed E-state index contributed by atoms with van der Waals surface area (Å²) < 4.78 is 5.24. The maximum atomic E-state index is 11.9. The first-order valence-corrected chi connectivity index (χ1v) is 8.26. The fourth-order valence-corrected chi connectivity index (χ4v) is 3.83. The van der Waals surface area contributed by atoms with E-state index in [1.54, 1.807) is 6.26 Å². The number of thioether (sulfide) groups is 1. The van der Waals surface area contributed by atoms with Crippen LogP contribution >= 0.6 is 11.8 Å². The molecule has 1 N–H and O–H groups in total. The molecule has 1 aliphatic rings. The van der Waals surface area contributed by atoms with Gasteiger partial charge in [-0.2, -0.15) is 11.8 Å². The summed E-state index contributed by atoms with van der Waals surface area (Å²) in [5.74, 6) is 2.21. The van der Waals surface area contributed by atoms with Crippen molar-refractivity contribution >= 4 is 17.7 Å². The Kier molecular flexibility index (Phi) is 5.83. The van der Waals surface area contributed by atoms with Gasteiger partial charge < -0.3 is 9.73 Å². The van der Waals surface area contributed by atoms with E-state index in [1.165, 1.54) is 18.6 Å². The zero-order valence-electron chi connectivity index (χ0n) is 11.6.